The number of hydrogen-bond acceptors (Lipinski definition) is 3. The van der Waals surface area contributed by atoms with Crippen molar-refractivity contribution in [1.82, 2.24) is 4.72 Å². The second-order valence-corrected chi connectivity index (χ2v) is 9.19. The van der Waals surface area contributed by atoms with Crippen molar-refractivity contribution in [2.75, 3.05) is 13.2 Å². The molecule has 4 nitrogen and oxygen atoms in total. The lowest BCUT2D eigenvalue weighted by Gasteiger charge is -2.19. The van der Waals surface area contributed by atoms with Crippen LogP contribution in [0.2, 0.25) is 5.02 Å². The van der Waals surface area contributed by atoms with Crippen LogP contribution in [0.4, 0.5) is 4.39 Å². The summed E-state index contributed by atoms with van der Waals surface area (Å²) in [6, 6.07) is 11.8. The number of ether oxygens (including phenoxy) is 1. The number of nitrogens with one attached hydrogen (secondary N) is 1. The summed E-state index contributed by atoms with van der Waals surface area (Å²) in [7, 11) is -3.71. The van der Waals surface area contributed by atoms with Crippen molar-refractivity contribution in [3.05, 3.63) is 64.4 Å². The van der Waals surface area contributed by atoms with E-state index in [1.54, 1.807) is 0 Å². The van der Waals surface area contributed by atoms with Crippen LogP contribution < -0.4 is 9.46 Å². The van der Waals surface area contributed by atoms with Gasteiger partial charge in [0.15, 0.2) is 0 Å². The first-order valence-electron chi connectivity index (χ1n) is 8.22. The van der Waals surface area contributed by atoms with E-state index in [-0.39, 0.29) is 29.2 Å². The highest BCUT2D eigenvalue weighted by Crippen LogP contribution is 2.24. The molecule has 0 saturated carbocycles. The predicted octanol–water partition coefficient (Wildman–Crippen LogP) is 4.28. The zero-order valence-electron chi connectivity index (χ0n) is 15.1. The van der Waals surface area contributed by atoms with Gasteiger partial charge in [-0.2, -0.15) is 0 Å². The molecule has 26 heavy (non-hydrogen) atoms. The Morgan fingerprint density at radius 3 is 2.35 bits per heavy atom. The minimum Gasteiger partial charge on any atom is -0.492 e. The highest BCUT2D eigenvalue weighted by atomic mass is 35.5. The first-order chi connectivity index (χ1) is 12.1. The summed E-state index contributed by atoms with van der Waals surface area (Å²) in [4.78, 5) is 0. The fourth-order valence-corrected chi connectivity index (χ4v) is 3.81. The van der Waals surface area contributed by atoms with Crippen LogP contribution in [0.1, 0.15) is 31.9 Å². The normalized spacial score (nSPS) is 12.2. The minimum absolute atomic E-state index is 0.0413. The molecule has 7 heteroatoms. The van der Waals surface area contributed by atoms with Crippen LogP contribution in [-0.4, -0.2) is 21.6 Å². The van der Waals surface area contributed by atoms with E-state index in [0.29, 0.717) is 5.75 Å². The average molecular weight is 400 g/mol. The highest BCUT2D eigenvalue weighted by Gasteiger charge is 2.17. The molecular weight excluding hydrogens is 377 g/mol. The molecule has 0 spiro atoms. The molecule has 0 saturated heterocycles. The molecule has 0 aliphatic carbocycles. The molecule has 0 atom stereocenters. The van der Waals surface area contributed by atoms with Gasteiger partial charge in [-0.25, -0.2) is 17.5 Å². The molecule has 0 fully saturated rings. The van der Waals surface area contributed by atoms with Crippen LogP contribution in [0, 0.1) is 5.82 Å². The Hall–Kier alpha value is -1.63. The van der Waals surface area contributed by atoms with Crippen molar-refractivity contribution in [1.29, 1.82) is 0 Å². The van der Waals surface area contributed by atoms with Crippen LogP contribution in [0.15, 0.2) is 42.5 Å². The van der Waals surface area contributed by atoms with Gasteiger partial charge in [-0.1, -0.05) is 50.6 Å². The third-order valence-electron chi connectivity index (χ3n) is 3.81. The fourth-order valence-electron chi connectivity index (χ4n) is 2.33. The van der Waals surface area contributed by atoms with E-state index in [2.05, 4.69) is 25.5 Å². The van der Waals surface area contributed by atoms with E-state index in [9.17, 15) is 12.8 Å². The maximum Gasteiger partial charge on any atom is 0.216 e. The van der Waals surface area contributed by atoms with Crippen molar-refractivity contribution in [2.24, 2.45) is 0 Å². The van der Waals surface area contributed by atoms with Crippen molar-refractivity contribution in [3.8, 4) is 5.75 Å². The number of halogens is 2. The predicted molar refractivity (Wildman–Crippen MR) is 103 cm³/mol. The lowest BCUT2D eigenvalue weighted by Crippen LogP contribution is -2.29. The van der Waals surface area contributed by atoms with Gasteiger partial charge in [-0.05, 0) is 35.2 Å². The van der Waals surface area contributed by atoms with Crippen LogP contribution in [0.5, 0.6) is 5.75 Å². The number of sulfonamides is 1. The molecule has 0 amide bonds. The van der Waals surface area contributed by atoms with Gasteiger partial charge in [0.2, 0.25) is 10.0 Å². The van der Waals surface area contributed by atoms with E-state index in [1.165, 1.54) is 23.8 Å². The Morgan fingerprint density at radius 1 is 1.12 bits per heavy atom. The second-order valence-electron chi connectivity index (χ2n) is 6.98. The van der Waals surface area contributed by atoms with Gasteiger partial charge in [0.25, 0.3) is 0 Å². The van der Waals surface area contributed by atoms with E-state index >= 15 is 0 Å². The maximum absolute atomic E-state index is 13.7. The van der Waals surface area contributed by atoms with Crippen LogP contribution in [-0.2, 0) is 21.2 Å². The van der Waals surface area contributed by atoms with Gasteiger partial charge in [0, 0.05) is 17.1 Å². The first kappa shape index (κ1) is 20.7. The topological polar surface area (TPSA) is 55.4 Å². The molecule has 0 bridgehead atoms. The SMILES string of the molecule is CC(C)(C)c1ccc(OCCNS(=O)(=O)Cc2c(F)cccc2Cl)cc1. The van der Waals surface area contributed by atoms with Gasteiger partial charge < -0.3 is 4.74 Å². The van der Waals surface area contributed by atoms with E-state index in [4.69, 9.17) is 16.3 Å². The molecule has 0 heterocycles. The maximum atomic E-state index is 13.7. The summed E-state index contributed by atoms with van der Waals surface area (Å²) in [5.41, 5.74) is 1.20. The Bertz CT molecular complexity index is 826. The summed E-state index contributed by atoms with van der Waals surface area (Å²) >= 11 is 5.86. The van der Waals surface area contributed by atoms with Crippen LogP contribution >= 0.6 is 11.6 Å². The number of rotatable bonds is 7. The lowest BCUT2D eigenvalue weighted by atomic mass is 9.87. The van der Waals surface area contributed by atoms with Gasteiger partial charge in [0.1, 0.15) is 18.2 Å². The average Bonchev–Trinajstić information content (AvgIpc) is 2.55. The molecule has 2 rings (SSSR count). The summed E-state index contributed by atoms with van der Waals surface area (Å²) < 4.78 is 45.8. The lowest BCUT2D eigenvalue weighted by molar-refractivity contribution is 0.322. The van der Waals surface area contributed by atoms with Gasteiger partial charge in [0.05, 0.1) is 5.75 Å². The first-order valence-corrected chi connectivity index (χ1v) is 10.2. The Kier molecular flexibility index (Phi) is 6.66. The summed E-state index contributed by atoms with van der Waals surface area (Å²) in [5, 5.41) is 0.0885. The molecule has 142 valence electrons. The Labute approximate surface area is 159 Å². The van der Waals surface area contributed by atoms with Crippen molar-refractivity contribution >= 4 is 21.6 Å². The third-order valence-corrected chi connectivity index (χ3v) is 5.48. The van der Waals surface area contributed by atoms with Crippen molar-refractivity contribution < 1.29 is 17.5 Å². The van der Waals surface area contributed by atoms with E-state index < -0.39 is 21.6 Å². The van der Waals surface area contributed by atoms with Gasteiger partial charge in [-0.3, -0.25) is 0 Å². The van der Waals surface area contributed by atoms with E-state index in [1.807, 2.05) is 24.3 Å². The second kappa shape index (κ2) is 8.37. The largest absolute Gasteiger partial charge is 0.492 e. The van der Waals surface area contributed by atoms with E-state index in [0.717, 1.165) is 0 Å². The Morgan fingerprint density at radius 2 is 1.77 bits per heavy atom. The quantitative estimate of drug-likeness (QED) is 0.707. The van der Waals surface area contributed by atoms with Crippen LogP contribution in [0.3, 0.4) is 0 Å². The third kappa shape index (κ3) is 5.97. The molecule has 0 unspecified atom stereocenters. The highest BCUT2D eigenvalue weighted by molar-refractivity contribution is 7.88. The molecule has 0 aliphatic heterocycles. The van der Waals surface area contributed by atoms with Gasteiger partial charge >= 0.3 is 0 Å². The standard InChI is InChI=1S/C19H23ClFNO3S/c1-19(2,3)14-7-9-15(10-8-14)25-12-11-22-26(23,24)13-16-17(20)5-4-6-18(16)21/h4-10,22H,11-13H2,1-3H3. The summed E-state index contributed by atoms with van der Waals surface area (Å²) in [5.74, 6) is -0.494. The molecule has 0 radical (unpaired) electrons. The molecule has 0 aromatic heterocycles. The van der Waals surface area contributed by atoms with Crippen molar-refractivity contribution in [3.63, 3.8) is 0 Å². The molecule has 0 aliphatic rings. The van der Waals surface area contributed by atoms with Gasteiger partial charge in [-0.15, -0.1) is 0 Å². The molecule has 2 aromatic carbocycles. The zero-order chi connectivity index (χ0) is 19.4. The Balaban J connectivity index is 1.85. The molecular formula is C19H23ClFNO3S. The van der Waals surface area contributed by atoms with Crippen LogP contribution in [0.25, 0.3) is 0 Å². The number of benzene rings is 2. The summed E-state index contributed by atoms with van der Waals surface area (Å²) in [6.45, 7) is 6.62. The molecule has 1 N–H and O–H groups in total. The summed E-state index contributed by atoms with van der Waals surface area (Å²) in [6.07, 6.45) is 0. The smallest absolute Gasteiger partial charge is 0.216 e. The number of hydrogen-bond donors (Lipinski definition) is 1. The zero-order valence-corrected chi connectivity index (χ0v) is 16.6. The van der Waals surface area contributed by atoms with Crippen molar-refractivity contribution in [2.45, 2.75) is 31.9 Å². The molecule has 2 aromatic rings. The minimum atomic E-state index is -3.71. The monoisotopic (exact) mass is 399 g/mol. The fraction of sp³-hybridized carbons (Fsp3) is 0.368.